The summed E-state index contributed by atoms with van der Waals surface area (Å²) in [5, 5.41) is 0. The molecule has 21 heavy (non-hydrogen) atoms. The summed E-state index contributed by atoms with van der Waals surface area (Å²) in [5.74, 6) is 2.20. The van der Waals surface area contributed by atoms with Crippen molar-refractivity contribution in [1.29, 1.82) is 0 Å². The van der Waals surface area contributed by atoms with Crippen LogP contribution in [0.5, 0.6) is 5.75 Å². The average molecular weight is 285 g/mol. The number of fused-ring (bicyclic) bond motifs is 1. The topological polar surface area (TPSA) is 66.2 Å². The van der Waals surface area contributed by atoms with Gasteiger partial charge in [-0.2, -0.15) is 0 Å². The number of aromatic nitrogens is 2. The molecule has 2 N–H and O–H groups in total. The molecule has 5 nitrogen and oxygen atoms in total. The van der Waals surface area contributed by atoms with Crippen molar-refractivity contribution < 1.29 is 9.15 Å². The van der Waals surface area contributed by atoms with E-state index in [2.05, 4.69) is 11.9 Å². The lowest BCUT2D eigenvalue weighted by atomic mass is 10.2. The quantitative estimate of drug-likeness (QED) is 0.780. The number of hydrogen-bond acceptors (Lipinski definition) is 4. The molecule has 5 heteroatoms. The van der Waals surface area contributed by atoms with Gasteiger partial charge >= 0.3 is 0 Å². The highest BCUT2D eigenvalue weighted by atomic mass is 16.5. The molecule has 0 fully saturated rings. The monoisotopic (exact) mass is 285 g/mol. The Labute approximate surface area is 123 Å². The lowest BCUT2D eigenvalue weighted by Crippen LogP contribution is -2.11. The minimum Gasteiger partial charge on any atom is -0.492 e. The van der Waals surface area contributed by atoms with Gasteiger partial charge in [0.25, 0.3) is 0 Å². The van der Waals surface area contributed by atoms with E-state index in [1.165, 1.54) is 0 Å². The second-order valence-electron chi connectivity index (χ2n) is 5.03. The highest BCUT2D eigenvalue weighted by molar-refractivity contribution is 5.84. The van der Waals surface area contributed by atoms with E-state index >= 15 is 0 Å². The molecular weight excluding hydrogens is 266 g/mol. The van der Waals surface area contributed by atoms with Crippen molar-refractivity contribution in [3.63, 3.8) is 0 Å². The number of nitrogens with zero attached hydrogens (tertiary/aromatic N) is 2. The standard InChI is InChI=1S/C16H19N3O2/c1-3-20-14-8-4-7-13-15(14)18-16(17)19(13)11(2)10-12-6-5-9-21-12/h4-9,11H,3,10H2,1-2H3,(H2,17,18). The van der Waals surface area contributed by atoms with Crippen LogP contribution in [0.25, 0.3) is 11.0 Å². The molecule has 0 bridgehead atoms. The summed E-state index contributed by atoms with van der Waals surface area (Å²) < 4.78 is 13.1. The highest BCUT2D eigenvalue weighted by Gasteiger charge is 2.17. The fraction of sp³-hybridized carbons (Fsp3) is 0.312. The molecule has 0 radical (unpaired) electrons. The van der Waals surface area contributed by atoms with Gasteiger partial charge in [-0.15, -0.1) is 0 Å². The van der Waals surface area contributed by atoms with Crippen molar-refractivity contribution >= 4 is 17.0 Å². The van der Waals surface area contributed by atoms with Crippen LogP contribution >= 0.6 is 0 Å². The molecule has 0 aliphatic carbocycles. The Hall–Kier alpha value is -2.43. The fourth-order valence-electron chi connectivity index (χ4n) is 2.66. The number of rotatable bonds is 5. The van der Waals surface area contributed by atoms with Gasteiger partial charge in [0.1, 0.15) is 17.0 Å². The van der Waals surface area contributed by atoms with Gasteiger partial charge in [-0.25, -0.2) is 4.98 Å². The SMILES string of the molecule is CCOc1cccc2c1nc(N)n2C(C)Cc1ccco1. The first kappa shape index (κ1) is 13.5. The molecule has 1 unspecified atom stereocenters. The molecule has 0 aliphatic heterocycles. The van der Waals surface area contributed by atoms with Crippen LogP contribution in [0.1, 0.15) is 25.6 Å². The molecule has 3 rings (SSSR count). The van der Waals surface area contributed by atoms with Crippen LogP contribution in [0, 0.1) is 0 Å². The van der Waals surface area contributed by atoms with Crippen molar-refractivity contribution in [3.8, 4) is 5.75 Å². The van der Waals surface area contributed by atoms with E-state index in [-0.39, 0.29) is 6.04 Å². The van der Waals surface area contributed by atoms with Gasteiger partial charge < -0.3 is 19.5 Å². The first-order chi connectivity index (χ1) is 10.2. The Morgan fingerprint density at radius 1 is 1.33 bits per heavy atom. The predicted octanol–water partition coefficient (Wildman–Crippen LogP) is 3.41. The number of anilines is 1. The zero-order valence-electron chi connectivity index (χ0n) is 12.2. The zero-order chi connectivity index (χ0) is 14.8. The summed E-state index contributed by atoms with van der Waals surface area (Å²) in [6.45, 7) is 4.67. The van der Waals surface area contributed by atoms with Crippen molar-refractivity contribution in [2.75, 3.05) is 12.3 Å². The van der Waals surface area contributed by atoms with E-state index in [1.807, 2.05) is 41.8 Å². The van der Waals surface area contributed by atoms with E-state index in [9.17, 15) is 0 Å². The van der Waals surface area contributed by atoms with Crippen molar-refractivity contribution in [2.45, 2.75) is 26.3 Å². The second kappa shape index (κ2) is 5.52. The summed E-state index contributed by atoms with van der Waals surface area (Å²) in [5.41, 5.74) is 7.91. The minimum atomic E-state index is 0.151. The molecular formula is C16H19N3O2. The highest BCUT2D eigenvalue weighted by Crippen LogP contribution is 2.30. The van der Waals surface area contributed by atoms with Crippen LogP contribution in [0.3, 0.4) is 0 Å². The Morgan fingerprint density at radius 2 is 2.19 bits per heavy atom. The molecule has 1 atom stereocenters. The number of para-hydroxylation sites is 1. The molecule has 0 aliphatic rings. The minimum absolute atomic E-state index is 0.151. The number of nitrogens with two attached hydrogens (primary N) is 1. The Bertz CT molecular complexity index is 731. The molecule has 0 spiro atoms. The van der Waals surface area contributed by atoms with Crippen LogP contribution in [-0.2, 0) is 6.42 Å². The molecule has 2 heterocycles. The number of benzene rings is 1. The predicted molar refractivity (Wildman–Crippen MR) is 82.4 cm³/mol. The summed E-state index contributed by atoms with van der Waals surface area (Å²) in [6, 6.07) is 9.91. The smallest absolute Gasteiger partial charge is 0.201 e. The third-order valence-electron chi connectivity index (χ3n) is 3.53. The first-order valence-corrected chi connectivity index (χ1v) is 7.12. The number of imidazole rings is 1. The average Bonchev–Trinajstić information content (AvgIpc) is 3.06. The summed E-state index contributed by atoms with van der Waals surface area (Å²) in [7, 11) is 0. The van der Waals surface area contributed by atoms with Crippen LogP contribution in [0.15, 0.2) is 41.0 Å². The Balaban J connectivity index is 2.01. The number of furan rings is 1. The Morgan fingerprint density at radius 3 is 2.90 bits per heavy atom. The van der Waals surface area contributed by atoms with Crippen LogP contribution < -0.4 is 10.5 Å². The number of nitrogen functional groups attached to an aromatic ring is 1. The fourth-order valence-corrected chi connectivity index (χ4v) is 2.66. The maximum atomic E-state index is 6.11. The second-order valence-corrected chi connectivity index (χ2v) is 5.03. The molecule has 1 aromatic carbocycles. The number of hydrogen-bond donors (Lipinski definition) is 1. The lowest BCUT2D eigenvalue weighted by molar-refractivity contribution is 0.343. The zero-order valence-corrected chi connectivity index (χ0v) is 12.2. The molecule has 110 valence electrons. The summed E-state index contributed by atoms with van der Waals surface area (Å²) >= 11 is 0. The normalized spacial score (nSPS) is 12.7. The van der Waals surface area contributed by atoms with E-state index in [0.717, 1.165) is 29.0 Å². The van der Waals surface area contributed by atoms with E-state index in [4.69, 9.17) is 14.9 Å². The largest absolute Gasteiger partial charge is 0.492 e. The third-order valence-corrected chi connectivity index (χ3v) is 3.53. The van der Waals surface area contributed by atoms with Gasteiger partial charge in [0, 0.05) is 12.5 Å². The lowest BCUT2D eigenvalue weighted by Gasteiger charge is -2.15. The van der Waals surface area contributed by atoms with E-state index in [1.54, 1.807) is 6.26 Å². The van der Waals surface area contributed by atoms with Crippen LogP contribution in [-0.4, -0.2) is 16.2 Å². The maximum absolute atomic E-state index is 6.11. The first-order valence-electron chi connectivity index (χ1n) is 7.12. The van der Waals surface area contributed by atoms with Gasteiger partial charge in [0.2, 0.25) is 5.95 Å². The number of ether oxygens (including phenoxy) is 1. The van der Waals surface area contributed by atoms with Crippen molar-refractivity contribution in [1.82, 2.24) is 9.55 Å². The van der Waals surface area contributed by atoms with E-state index < -0.39 is 0 Å². The van der Waals surface area contributed by atoms with Crippen LogP contribution in [0.2, 0.25) is 0 Å². The molecule has 0 saturated heterocycles. The van der Waals surface area contributed by atoms with Gasteiger partial charge in [-0.3, -0.25) is 0 Å². The summed E-state index contributed by atoms with van der Waals surface area (Å²) in [6.07, 6.45) is 2.45. The maximum Gasteiger partial charge on any atom is 0.201 e. The molecule has 0 saturated carbocycles. The van der Waals surface area contributed by atoms with Gasteiger partial charge in [-0.05, 0) is 38.1 Å². The van der Waals surface area contributed by atoms with Crippen molar-refractivity contribution in [3.05, 3.63) is 42.4 Å². The molecule has 0 amide bonds. The molecule has 2 aromatic heterocycles. The van der Waals surface area contributed by atoms with Gasteiger partial charge in [0.05, 0.1) is 18.4 Å². The van der Waals surface area contributed by atoms with Gasteiger partial charge in [0.15, 0.2) is 0 Å². The summed E-state index contributed by atoms with van der Waals surface area (Å²) in [4.78, 5) is 4.47. The van der Waals surface area contributed by atoms with E-state index in [0.29, 0.717) is 12.6 Å². The van der Waals surface area contributed by atoms with Gasteiger partial charge in [-0.1, -0.05) is 6.07 Å². The molecule has 3 aromatic rings. The Kier molecular flexibility index (Phi) is 3.56. The van der Waals surface area contributed by atoms with Crippen LogP contribution in [0.4, 0.5) is 5.95 Å². The van der Waals surface area contributed by atoms with Crippen molar-refractivity contribution in [2.24, 2.45) is 0 Å². The third kappa shape index (κ3) is 2.46.